The molecular formula is C8H16N2O2. The van der Waals surface area contributed by atoms with E-state index in [1.54, 1.807) is 0 Å². The molecule has 1 heterocycles. The summed E-state index contributed by atoms with van der Waals surface area (Å²) >= 11 is 0. The Kier molecular flexibility index (Phi) is 4.04. The monoisotopic (exact) mass is 172 g/mol. The van der Waals surface area contributed by atoms with Crippen molar-refractivity contribution in [2.75, 3.05) is 39.4 Å². The van der Waals surface area contributed by atoms with Crippen molar-refractivity contribution in [1.29, 1.82) is 0 Å². The fourth-order valence-electron chi connectivity index (χ4n) is 1.19. The molecule has 0 radical (unpaired) electrons. The molecule has 0 unspecified atom stereocenters. The highest BCUT2D eigenvalue weighted by Crippen LogP contribution is 1.93. The molecule has 1 fully saturated rings. The summed E-state index contributed by atoms with van der Waals surface area (Å²) in [5.41, 5.74) is 0. The maximum absolute atomic E-state index is 11.3. The lowest BCUT2D eigenvalue weighted by molar-refractivity contribution is -0.136. The van der Waals surface area contributed by atoms with Crippen LogP contribution in [0.4, 0.5) is 0 Å². The SMILES string of the molecule is CCOCC(=O)N1CCNCC1. The van der Waals surface area contributed by atoms with Crippen LogP contribution in [0.3, 0.4) is 0 Å². The number of hydrogen-bond acceptors (Lipinski definition) is 3. The summed E-state index contributed by atoms with van der Waals surface area (Å²) in [6.45, 7) is 6.16. The van der Waals surface area contributed by atoms with E-state index < -0.39 is 0 Å². The molecular weight excluding hydrogens is 156 g/mol. The molecule has 0 spiro atoms. The molecule has 0 aromatic carbocycles. The summed E-state index contributed by atoms with van der Waals surface area (Å²) in [6.07, 6.45) is 0. The van der Waals surface area contributed by atoms with E-state index in [4.69, 9.17) is 4.74 Å². The van der Waals surface area contributed by atoms with Crippen molar-refractivity contribution in [2.45, 2.75) is 6.92 Å². The van der Waals surface area contributed by atoms with Crippen LogP contribution >= 0.6 is 0 Å². The number of carbonyl (C=O) groups excluding carboxylic acids is 1. The third-order valence-corrected chi connectivity index (χ3v) is 1.90. The normalized spacial score (nSPS) is 17.9. The van der Waals surface area contributed by atoms with Crippen molar-refractivity contribution < 1.29 is 9.53 Å². The Balaban J connectivity index is 2.20. The molecule has 0 bridgehead atoms. The van der Waals surface area contributed by atoms with Gasteiger partial charge in [0.1, 0.15) is 6.61 Å². The number of amides is 1. The molecule has 4 heteroatoms. The van der Waals surface area contributed by atoms with Gasteiger partial charge in [-0.05, 0) is 6.92 Å². The van der Waals surface area contributed by atoms with Crippen LogP contribution in [-0.4, -0.2) is 50.2 Å². The Morgan fingerprint density at radius 1 is 1.50 bits per heavy atom. The maximum Gasteiger partial charge on any atom is 0.248 e. The van der Waals surface area contributed by atoms with Crippen LogP contribution in [0.25, 0.3) is 0 Å². The third-order valence-electron chi connectivity index (χ3n) is 1.90. The minimum Gasteiger partial charge on any atom is -0.372 e. The van der Waals surface area contributed by atoms with Crippen molar-refractivity contribution in [3.05, 3.63) is 0 Å². The fraction of sp³-hybridized carbons (Fsp3) is 0.875. The van der Waals surface area contributed by atoms with Gasteiger partial charge in [-0.2, -0.15) is 0 Å². The summed E-state index contributed by atoms with van der Waals surface area (Å²) < 4.78 is 5.04. The van der Waals surface area contributed by atoms with E-state index in [-0.39, 0.29) is 12.5 Å². The summed E-state index contributed by atoms with van der Waals surface area (Å²) in [7, 11) is 0. The molecule has 0 aromatic rings. The highest BCUT2D eigenvalue weighted by Gasteiger charge is 2.15. The predicted molar refractivity (Wildman–Crippen MR) is 45.9 cm³/mol. The number of ether oxygens (including phenoxy) is 1. The lowest BCUT2D eigenvalue weighted by atomic mass is 10.3. The zero-order valence-corrected chi connectivity index (χ0v) is 7.51. The molecule has 12 heavy (non-hydrogen) atoms. The van der Waals surface area contributed by atoms with Gasteiger partial charge in [-0.15, -0.1) is 0 Å². The lowest BCUT2D eigenvalue weighted by Gasteiger charge is -2.27. The van der Waals surface area contributed by atoms with Crippen LogP contribution in [0.5, 0.6) is 0 Å². The number of hydrogen-bond donors (Lipinski definition) is 1. The van der Waals surface area contributed by atoms with E-state index in [1.807, 2.05) is 11.8 Å². The summed E-state index contributed by atoms with van der Waals surface area (Å²) in [5, 5.41) is 3.19. The van der Waals surface area contributed by atoms with E-state index in [9.17, 15) is 4.79 Å². The van der Waals surface area contributed by atoms with Crippen LogP contribution in [0.2, 0.25) is 0 Å². The van der Waals surface area contributed by atoms with Crippen LogP contribution in [0.15, 0.2) is 0 Å². The van der Waals surface area contributed by atoms with Crippen molar-refractivity contribution in [3.63, 3.8) is 0 Å². The standard InChI is InChI=1S/C8H16N2O2/c1-2-12-7-8(11)10-5-3-9-4-6-10/h9H,2-7H2,1H3. The van der Waals surface area contributed by atoms with Gasteiger partial charge in [0.15, 0.2) is 0 Å². The second kappa shape index (κ2) is 5.11. The highest BCUT2D eigenvalue weighted by atomic mass is 16.5. The van der Waals surface area contributed by atoms with Gasteiger partial charge >= 0.3 is 0 Å². The highest BCUT2D eigenvalue weighted by molar-refractivity contribution is 5.77. The van der Waals surface area contributed by atoms with Gasteiger partial charge in [0.2, 0.25) is 5.91 Å². The van der Waals surface area contributed by atoms with Crippen LogP contribution in [0, 0.1) is 0 Å². The molecule has 0 aliphatic carbocycles. The number of carbonyl (C=O) groups is 1. The average molecular weight is 172 g/mol. The first-order chi connectivity index (χ1) is 5.84. The smallest absolute Gasteiger partial charge is 0.248 e. The minimum absolute atomic E-state index is 0.110. The summed E-state index contributed by atoms with van der Waals surface area (Å²) in [5.74, 6) is 0.110. The Labute approximate surface area is 72.9 Å². The molecule has 1 N–H and O–H groups in total. The lowest BCUT2D eigenvalue weighted by Crippen LogP contribution is -2.47. The minimum atomic E-state index is 0.110. The Hall–Kier alpha value is -0.610. The Bertz CT molecular complexity index is 144. The fourth-order valence-corrected chi connectivity index (χ4v) is 1.19. The zero-order valence-electron chi connectivity index (χ0n) is 7.51. The first-order valence-electron chi connectivity index (χ1n) is 4.41. The number of nitrogens with zero attached hydrogens (tertiary/aromatic N) is 1. The molecule has 1 aliphatic heterocycles. The van der Waals surface area contributed by atoms with Gasteiger partial charge in [-0.1, -0.05) is 0 Å². The first-order valence-corrected chi connectivity index (χ1v) is 4.41. The van der Waals surface area contributed by atoms with Gasteiger partial charge in [0, 0.05) is 32.8 Å². The number of rotatable bonds is 3. The molecule has 1 aliphatic rings. The Morgan fingerprint density at radius 3 is 2.75 bits per heavy atom. The van der Waals surface area contributed by atoms with Crippen molar-refractivity contribution in [2.24, 2.45) is 0 Å². The maximum atomic E-state index is 11.3. The van der Waals surface area contributed by atoms with Crippen molar-refractivity contribution in [1.82, 2.24) is 10.2 Å². The van der Waals surface area contributed by atoms with Crippen LogP contribution in [0.1, 0.15) is 6.92 Å². The number of nitrogens with one attached hydrogen (secondary N) is 1. The number of piperazine rings is 1. The van der Waals surface area contributed by atoms with Crippen molar-refractivity contribution in [3.8, 4) is 0 Å². The largest absolute Gasteiger partial charge is 0.372 e. The second-order valence-corrected chi connectivity index (χ2v) is 2.77. The van der Waals surface area contributed by atoms with Crippen molar-refractivity contribution >= 4 is 5.91 Å². The van der Waals surface area contributed by atoms with Crippen LogP contribution in [-0.2, 0) is 9.53 Å². The quantitative estimate of drug-likeness (QED) is 0.621. The molecule has 0 saturated carbocycles. The molecule has 4 nitrogen and oxygen atoms in total. The summed E-state index contributed by atoms with van der Waals surface area (Å²) in [4.78, 5) is 13.2. The van der Waals surface area contributed by atoms with Gasteiger partial charge in [0.05, 0.1) is 0 Å². The van der Waals surface area contributed by atoms with Gasteiger partial charge in [-0.25, -0.2) is 0 Å². The molecule has 1 rings (SSSR count). The zero-order chi connectivity index (χ0) is 8.81. The predicted octanol–water partition coefficient (Wildman–Crippen LogP) is -0.545. The second-order valence-electron chi connectivity index (χ2n) is 2.77. The Morgan fingerprint density at radius 2 is 2.17 bits per heavy atom. The van der Waals surface area contributed by atoms with E-state index in [1.165, 1.54) is 0 Å². The first kappa shape index (κ1) is 9.48. The van der Waals surface area contributed by atoms with Gasteiger partial charge < -0.3 is 15.0 Å². The average Bonchev–Trinajstić information content (AvgIpc) is 2.15. The third kappa shape index (κ3) is 2.79. The van der Waals surface area contributed by atoms with E-state index in [0.717, 1.165) is 26.2 Å². The van der Waals surface area contributed by atoms with E-state index >= 15 is 0 Å². The van der Waals surface area contributed by atoms with E-state index in [0.29, 0.717) is 6.61 Å². The van der Waals surface area contributed by atoms with Crippen LogP contribution < -0.4 is 5.32 Å². The molecule has 1 saturated heterocycles. The summed E-state index contributed by atoms with van der Waals surface area (Å²) in [6, 6.07) is 0. The molecule has 0 atom stereocenters. The van der Waals surface area contributed by atoms with Gasteiger partial charge in [-0.3, -0.25) is 4.79 Å². The van der Waals surface area contributed by atoms with E-state index in [2.05, 4.69) is 5.32 Å². The molecule has 70 valence electrons. The topological polar surface area (TPSA) is 41.6 Å². The molecule has 1 amide bonds. The molecule has 0 aromatic heterocycles. The van der Waals surface area contributed by atoms with Gasteiger partial charge in [0.25, 0.3) is 0 Å².